The molecule has 0 saturated carbocycles. The van der Waals surface area contributed by atoms with E-state index in [2.05, 4.69) is 12.2 Å². The lowest BCUT2D eigenvalue weighted by Crippen LogP contribution is -2.51. The molecule has 142 valence electrons. The molecule has 1 aliphatic heterocycles. The Hall–Kier alpha value is -2.50. The Morgan fingerprint density at radius 3 is 2.70 bits per heavy atom. The van der Waals surface area contributed by atoms with Crippen molar-refractivity contribution in [3.8, 4) is 5.75 Å². The van der Waals surface area contributed by atoms with Crippen molar-refractivity contribution < 1.29 is 13.9 Å². The lowest BCUT2D eigenvalue weighted by Gasteiger charge is -2.31. The number of rotatable bonds is 4. The van der Waals surface area contributed by atoms with Gasteiger partial charge in [0.1, 0.15) is 17.9 Å². The van der Waals surface area contributed by atoms with Crippen LogP contribution in [0.2, 0.25) is 0 Å². The number of fused-ring (bicyclic) bond motifs is 1. The lowest BCUT2D eigenvalue weighted by molar-refractivity contribution is 0.0675. The molecule has 4 rings (SSSR count). The molecule has 3 aromatic rings. The topological polar surface area (TPSA) is 54.7 Å². The van der Waals surface area contributed by atoms with Crippen molar-refractivity contribution in [2.45, 2.75) is 19.6 Å². The van der Waals surface area contributed by atoms with E-state index in [0.29, 0.717) is 31.0 Å². The number of amides is 1. The van der Waals surface area contributed by atoms with Gasteiger partial charge < -0.3 is 19.4 Å². The summed E-state index contributed by atoms with van der Waals surface area (Å²) < 4.78 is 11.9. The van der Waals surface area contributed by atoms with Gasteiger partial charge in [-0.1, -0.05) is 36.4 Å². The summed E-state index contributed by atoms with van der Waals surface area (Å²) in [5.41, 5.74) is 1.52. The first-order valence-electron chi connectivity index (χ1n) is 8.93. The van der Waals surface area contributed by atoms with Crippen LogP contribution in [0, 0.1) is 0 Å². The third-order valence-electron chi connectivity index (χ3n) is 4.67. The highest BCUT2D eigenvalue weighted by molar-refractivity contribution is 5.99. The second kappa shape index (κ2) is 8.46. The first-order valence-corrected chi connectivity index (χ1v) is 8.93. The molecule has 2 heterocycles. The van der Waals surface area contributed by atoms with Gasteiger partial charge in [-0.25, -0.2) is 0 Å². The van der Waals surface area contributed by atoms with Gasteiger partial charge in [0, 0.05) is 36.6 Å². The molecule has 6 heteroatoms. The summed E-state index contributed by atoms with van der Waals surface area (Å²) in [7, 11) is 0. The number of ether oxygens (including phenoxy) is 1. The summed E-state index contributed by atoms with van der Waals surface area (Å²) in [4.78, 5) is 14.9. The molecule has 1 saturated heterocycles. The van der Waals surface area contributed by atoms with Crippen molar-refractivity contribution in [2.75, 3.05) is 19.6 Å². The van der Waals surface area contributed by atoms with E-state index >= 15 is 0 Å². The summed E-state index contributed by atoms with van der Waals surface area (Å²) in [5.74, 6) is 1.09. The highest BCUT2D eigenvalue weighted by Crippen LogP contribution is 2.28. The van der Waals surface area contributed by atoms with Crippen molar-refractivity contribution in [3.05, 3.63) is 65.9 Å². The number of hydrogen-bond donors (Lipinski definition) is 1. The van der Waals surface area contributed by atoms with E-state index in [-0.39, 0.29) is 24.4 Å². The Bertz CT molecular complexity index is 910. The highest BCUT2D eigenvalue weighted by Gasteiger charge is 2.28. The standard InChI is InChI=1S/C21H22N2O3.ClH/c1-15-13-23(12-11-22-15)21(24)20-18(14-25-16-7-3-2-4-8-16)17-9-5-6-10-19(17)26-20;/h2-10,15,22H,11-14H2,1H3;1H. The number of carbonyl (C=O) groups excluding carboxylic acids is 1. The van der Waals surface area contributed by atoms with E-state index in [1.807, 2.05) is 59.5 Å². The van der Waals surface area contributed by atoms with Crippen molar-refractivity contribution >= 4 is 29.3 Å². The van der Waals surface area contributed by atoms with Gasteiger partial charge in [-0.3, -0.25) is 4.79 Å². The molecule has 1 atom stereocenters. The van der Waals surface area contributed by atoms with E-state index in [4.69, 9.17) is 9.15 Å². The number of para-hydroxylation sites is 2. The maximum atomic E-state index is 13.1. The van der Waals surface area contributed by atoms with Crippen molar-refractivity contribution in [2.24, 2.45) is 0 Å². The third-order valence-corrected chi connectivity index (χ3v) is 4.67. The minimum atomic E-state index is -0.0683. The van der Waals surface area contributed by atoms with Crippen LogP contribution in [-0.2, 0) is 6.61 Å². The molecule has 1 unspecified atom stereocenters. The molecule has 1 amide bonds. The van der Waals surface area contributed by atoms with E-state index < -0.39 is 0 Å². The molecular formula is C21H23ClN2O3. The number of piperazine rings is 1. The molecule has 1 aliphatic rings. The summed E-state index contributed by atoms with van der Waals surface area (Å²) in [6, 6.07) is 17.6. The van der Waals surface area contributed by atoms with Gasteiger partial charge in [-0.2, -0.15) is 0 Å². The van der Waals surface area contributed by atoms with Crippen LogP contribution in [0.4, 0.5) is 0 Å². The maximum Gasteiger partial charge on any atom is 0.290 e. The number of nitrogens with one attached hydrogen (secondary N) is 1. The normalized spacial score (nSPS) is 16.8. The average Bonchev–Trinajstić information content (AvgIpc) is 3.05. The predicted octanol–water partition coefficient (Wildman–Crippen LogP) is 3.87. The van der Waals surface area contributed by atoms with Crippen molar-refractivity contribution in [1.29, 1.82) is 0 Å². The van der Waals surface area contributed by atoms with Crippen molar-refractivity contribution in [3.63, 3.8) is 0 Å². The maximum absolute atomic E-state index is 13.1. The molecule has 27 heavy (non-hydrogen) atoms. The Morgan fingerprint density at radius 1 is 1.19 bits per heavy atom. The molecule has 0 spiro atoms. The Labute approximate surface area is 164 Å². The van der Waals surface area contributed by atoms with Crippen LogP contribution in [-0.4, -0.2) is 36.5 Å². The minimum absolute atomic E-state index is 0. The molecule has 0 aliphatic carbocycles. The van der Waals surface area contributed by atoms with E-state index in [9.17, 15) is 4.79 Å². The third kappa shape index (κ3) is 4.10. The monoisotopic (exact) mass is 386 g/mol. The zero-order chi connectivity index (χ0) is 17.9. The Morgan fingerprint density at radius 2 is 1.93 bits per heavy atom. The molecule has 0 bridgehead atoms. The Kier molecular flexibility index (Phi) is 6.04. The van der Waals surface area contributed by atoms with Crippen molar-refractivity contribution in [1.82, 2.24) is 10.2 Å². The largest absolute Gasteiger partial charge is 0.489 e. The number of hydrogen-bond acceptors (Lipinski definition) is 4. The first-order chi connectivity index (χ1) is 12.7. The van der Waals surface area contributed by atoms with Crippen LogP contribution < -0.4 is 10.1 Å². The van der Waals surface area contributed by atoms with Gasteiger partial charge in [0.15, 0.2) is 5.76 Å². The summed E-state index contributed by atoms with van der Waals surface area (Å²) in [6.45, 7) is 4.53. The number of halogens is 1. The zero-order valence-electron chi connectivity index (χ0n) is 15.2. The fraction of sp³-hybridized carbons (Fsp3) is 0.286. The van der Waals surface area contributed by atoms with Crippen LogP contribution in [0.15, 0.2) is 59.0 Å². The first kappa shape index (κ1) is 19.3. The summed E-state index contributed by atoms with van der Waals surface area (Å²) in [5, 5.41) is 4.28. The fourth-order valence-corrected chi connectivity index (χ4v) is 3.35. The van der Waals surface area contributed by atoms with Gasteiger partial charge in [0.05, 0.1) is 0 Å². The lowest BCUT2D eigenvalue weighted by atomic mass is 10.1. The SMILES string of the molecule is CC1CN(C(=O)c2oc3ccccc3c2COc2ccccc2)CCN1.Cl. The molecule has 5 nitrogen and oxygen atoms in total. The number of carbonyl (C=O) groups is 1. The quantitative estimate of drug-likeness (QED) is 0.739. The van der Waals surface area contributed by atoms with Gasteiger partial charge in [-0.05, 0) is 25.1 Å². The molecule has 2 aromatic carbocycles. The van der Waals surface area contributed by atoms with Crippen LogP contribution >= 0.6 is 12.4 Å². The van der Waals surface area contributed by atoms with Crippen LogP contribution in [0.5, 0.6) is 5.75 Å². The second-order valence-corrected chi connectivity index (χ2v) is 6.61. The van der Waals surface area contributed by atoms with Gasteiger partial charge >= 0.3 is 0 Å². The predicted molar refractivity (Wildman–Crippen MR) is 108 cm³/mol. The second-order valence-electron chi connectivity index (χ2n) is 6.61. The summed E-state index contributed by atoms with van der Waals surface area (Å²) in [6.07, 6.45) is 0. The average molecular weight is 387 g/mol. The molecule has 1 N–H and O–H groups in total. The van der Waals surface area contributed by atoms with E-state index in [1.54, 1.807) is 0 Å². The number of nitrogens with zero attached hydrogens (tertiary/aromatic N) is 1. The smallest absolute Gasteiger partial charge is 0.290 e. The van der Waals surface area contributed by atoms with Crippen LogP contribution in [0.25, 0.3) is 11.0 Å². The molecule has 1 fully saturated rings. The van der Waals surface area contributed by atoms with Gasteiger partial charge in [0.25, 0.3) is 5.91 Å². The van der Waals surface area contributed by atoms with Crippen LogP contribution in [0.1, 0.15) is 23.0 Å². The fourth-order valence-electron chi connectivity index (χ4n) is 3.35. The van der Waals surface area contributed by atoms with Crippen LogP contribution in [0.3, 0.4) is 0 Å². The Balaban J connectivity index is 0.00000210. The number of benzene rings is 2. The van der Waals surface area contributed by atoms with Gasteiger partial charge in [-0.15, -0.1) is 12.4 Å². The zero-order valence-corrected chi connectivity index (χ0v) is 16.0. The molecule has 1 aromatic heterocycles. The summed E-state index contributed by atoms with van der Waals surface area (Å²) >= 11 is 0. The highest BCUT2D eigenvalue weighted by atomic mass is 35.5. The van der Waals surface area contributed by atoms with Gasteiger partial charge in [0.2, 0.25) is 0 Å². The molecular weight excluding hydrogens is 364 g/mol. The van der Waals surface area contributed by atoms with E-state index in [1.165, 1.54) is 0 Å². The minimum Gasteiger partial charge on any atom is -0.489 e. The molecule has 0 radical (unpaired) electrons. The van der Waals surface area contributed by atoms with E-state index in [0.717, 1.165) is 23.2 Å². The number of furan rings is 1.